The van der Waals surface area contributed by atoms with Gasteiger partial charge in [-0.15, -0.1) is 5.10 Å². The standard InChI is InChI=1S/C13H15N5O3S2/c1-8(19)15-6-9-2-4-10(5-3-9)11-7-18-12(16-11)22-13(17-18)23(14,20)21/h2-5,11H,6-7H2,1H3,(H,15,19)(H2,14,20,21). The predicted octanol–water partition coefficient (Wildman–Crippen LogP) is 0.342. The first-order valence-electron chi connectivity index (χ1n) is 6.81. The number of carbonyl (C=O) groups excluding carboxylic acids is 1. The molecule has 1 atom stereocenters. The molecule has 23 heavy (non-hydrogen) atoms. The normalized spacial score (nSPS) is 20.1. The first-order valence-corrected chi connectivity index (χ1v) is 9.17. The summed E-state index contributed by atoms with van der Waals surface area (Å²) < 4.78 is 22.4. The SMILES string of the molecule is CC(=O)NCc1ccc(C2CN3N=C(S(N)(=O)=O)SC3=N2)cc1. The molecule has 0 fully saturated rings. The van der Waals surface area contributed by atoms with Crippen molar-refractivity contribution in [3.05, 3.63) is 35.4 Å². The molecule has 0 spiro atoms. The van der Waals surface area contributed by atoms with Crippen LogP contribution in [0.3, 0.4) is 0 Å². The molecule has 1 amide bonds. The van der Waals surface area contributed by atoms with E-state index in [1.54, 1.807) is 5.01 Å². The fraction of sp³-hybridized carbons (Fsp3) is 0.308. The molecule has 8 nitrogen and oxygen atoms in total. The largest absolute Gasteiger partial charge is 0.352 e. The van der Waals surface area contributed by atoms with E-state index in [1.165, 1.54) is 6.92 Å². The Labute approximate surface area is 137 Å². The molecule has 1 aromatic carbocycles. The minimum atomic E-state index is -3.79. The number of hydrogen-bond acceptors (Lipinski definition) is 7. The van der Waals surface area contributed by atoms with Crippen molar-refractivity contribution in [1.82, 2.24) is 10.3 Å². The number of amides is 1. The van der Waals surface area contributed by atoms with Gasteiger partial charge in [0.05, 0.1) is 12.6 Å². The molecule has 0 bridgehead atoms. The summed E-state index contributed by atoms with van der Waals surface area (Å²) in [5, 5.41) is 13.9. The molecule has 0 aliphatic carbocycles. The van der Waals surface area contributed by atoms with Gasteiger partial charge in [0.15, 0.2) is 5.17 Å². The van der Waals surface area contributed by atoms with Crippen molar-refractivity contribution in [3.8, 4) is 0 Å². The predicted molar refractivity (Wildman–Crippen MR) is 89.0 cm³/mol. The summed E-state index contributed by atoms with van der Waals surface area (Å²) >= 11 is 0.967. The fourth-order valence-electron chi connectivity index (χ4n) is 2.22. The number of carbonyl (C=O) groups is 1. The van der Waals surface area contributed by atoms with Crippen LogP contribution in [0.2, 0.25) is 0 Å². The molecule has 0 aromatic heterocycles. The van der Waals surface area contributed by atoms with E-state index in [-0.39, 0.29) is 16.3 Å². The number of hydrazone groups is 1. The lowest BCUT2D eigenvalue weighted by molar-refractivity contribution is -0.119. The van der Waals surface area contributed by atoms with Gasteiger partial charge in [-0.3, -0.25) is 9.79 Å². The summed E-state index contributed by atoms with van der Waals surface area (Å²) in [6, 6.07) is 7.66. The smallest absolute Gasteiger partial charge is 0.264 e. The third-order valence-corrected chi connectivity index (χ3v) is 5.63. The summed E-state index contributed by atoms with van der Waals surface area (Å²) in [5.74, 6) is -0.0718. The first-order chi connectivity index (χ1) is 10.8. The van der Waals surface area contributed by atoms with Gasteiger partial charge in [0.2, 0.25) is 10.3 Å². The highest BCUT2D eigenvalue weighted by Gasteiger charge is 2.36. The summed E-state index contributed by atoms with van der Waals surface area (Å²) in [6.45, 7) is 2.44. The highest BCUT2D eigenvalue weighted by Crippen LogP contribution is 2.34. The summed E-state index contributed by atoms with van der Waals surface area (Å²) in [6.07, 6.45) is 0. The van der Waals surface area contributed by atoms with Crippen LogP contribution in [0.1, 0.15) is 24.1 Å². The number of hydrogen-bond donors (Lipinski definition) is 2. The van der Waals surface area contributed by atoms with Gasteiger partial charge < -0.3 is 5.32 Å². The van der Waals surface area contributed by atoms with Crippen LogP contribution >= 0.6 is 11.8 Å². The molecule has 1 unspecified atom stereocenters. The maximum absolute atomic E-state index is 11.3. The number of thioether (sulfide) groups is 1. The van der Waals surface area contributed by atoms with Crippen molar-refractivity contribution < 1.29 is 13.2 Å². The minimum absolute atomic E-state index is 0.0718. The Kier molecular flexibility index (Phi) is 4.13. The number of benzene rings is 1. The zero-order valence-electron chi connectivity index (χ0n) is 12.3. The van der Waals surface area contributed by atoms with Crippen LogP contribution in [0.5, 0.6) is 0 Å². The number of nitrogens with two attached hydrogens (primary N) is 1. The van der Waals surface area contributed by atoms with Crippen LogP contribution in [0.15, 0.2) is 34.4 Å². The van der Waals surface area contributed by atoms with E-state index < -0.39 is 10.0 Å². The highest BCUT2D eigenvalue weighted by molar-refractivity contribution is 8.42. The third-order valence-electron chi connectivity index (χ3n) is 3.36. The zero-order chi connectivity index (χ0) is 16.6. The van der Waals surface area contributed by atoms with Gasteiger partial charge in [-0.05, 0) is 22.9 Å². The van der Waals surface area contributed by atoms with Crippen LogP contribution in [0.25, 0.3) is 0 Å². The molecular weight excluding hydrogens is 338 g/mol. The lowest BCUT2D eigenvalue weighted by Gasteiger charge is -2.10. The molecule has 10 heteroatoms. The van der Waals surface area contributed by atoms with Gasteiger partial charge in [0, 0.05) is 13.5 Å². The monoisotopic (exact) mass is 353 g/mol. The maximum atomic E-state index is 11.3. The molecule has 3 rings (SSSR count). The van der Waals surface area contributed by atoms with Crippen molar-refractivity contribution in [2.45, 2.75) is 19.5 Å². The molecule has 3 N–H and O–H groups in total. The van der Waals surface area contributed by atoms with Crippen molar-refractivity contribution in [1.29, 1.82) is 0 Å². The number of nitrogens with one attached hydrogen (secondary N) is 1. The van der Waals surface area contributed by atoms with Crippen molar-refractivity contribution >= 4 is 37.2 Å². The van der Waals surface area contributed by atoms with Gasteiger partial charge in [-0.1, -0.05) is 24.3 Å². The van der Waals surface area contributed by atoms with Crippen LogP contribution < -0.4 is 10.5 Å². The Hall–Kier alpha value is -1.91. The average Bonchev–Trinajstić information content (AvgIpc) is 3.03. The number of nitrogens with zero attached hydrogens (tertiary/aromatic N) is 3. The number of fused-ring (bicyclic) bond motifs is 1. The molecule has 2 heterocycles. The van der Waals surface area contributed by atoms with E-state index in [0.717, 1.165) is 22.9 Å². The van der Waals surface area contributed by atoms with E-state index in [0.29, 0.717) is 18.3 Å². The molecule has 1 aromatic rings. The Balaban J connectivity index is 1.67. The second kappa shape index (κ2) is 5.95. The molecule has 0 saturated carbocycles. The third kappa shape index (κ3) is 3.54. The highest BCUT2D eigenvalue weighted by atomic mass is 32.3. The van der Waals surface area contributed by atoms with Crippen molar-refractivity contribution in [3.63, 3.8) is 0 Å². The van der Waals surface area contributed by atoms with Crippen LogP contribution in [-0.4, -0.2) is 35.4 Å². The van der Waals surface area contributed by atoms with Gasteiger partial charge in [-0.2, -0.15) is 0 Å². The lowest BCUT2D eigenvalue weighted by Crippen LogP contribution is -2.20. The van der Waals surface area contributed by atoms with Crippen LogP contribution in [0.4, 0.5) is 0 Å². The molecule has 122 valence electrons. The molecule has 2 aliphatic heterocycles. The number of sulfonamides is 1. The molecule has 0 saturated heterocycles. The van der Waals surface area contributed by atoms with Crippen molar-refractivity contribution in [2.24, 2.45) is 15.2 Å². The van der Waals surface area contributed by atoms with E-state index >= 15 is 0 Å². The Morgan fingerprint density at radius 2 is 2.13 bits per heavy atom. The van der Waals surface area contributed by atoms with E-state index in [2.05, 4.69) is 15.4 Å². The summed E-state index contributed by atoms with van der Waals surface area (Å²) in [5.41, 5.74) is 2.01. The van der Waals surface area contributed by atoms with E-state index in [9.17, 15) is 13.2 Å². The second-order valence-corrected chi connectivity index (χ2v) is 7.86. The fourth-order valence-corrected chi connectivity index (χ4v) is 3.82. The Morgan fingerprint density at radius 3 is 2.70 bits per heavy atom. The summed E-state index contributed by atoms with van der Waals surface area (Å²) in [7, 11) is -3.79. The first kappa shape index (κ1) is 16.0. The Bertz CT molecular complexity index is 801. The Morgan fingerprint density at radius 1 is 1.43 bits per heavy atom. The minimum Gasteiger partial charge on any atom is -0.352 e. The van der Waals surface area contributed by atoms with Crippen molar-refractivity contribution in [2.75, 3.05) is 6.54 Å². The number of primary sulfonamides is 1. The topological polar surface area (TPSA) is 117 Å². The van der Waals surface area contributed by atoms with Gasteiger partial charge in [-0.25, -0.2) is 18.6 Å². The molecule has 0 radical (unpaired) electrons. The quantitative estimate of drug-likeness (QED) is 0.813. The summed E-state index contributed by atoms with van der Waals surface area (Å²) in [4.78, 5) is 15.4. The average molecular weight is 353 g/mol. The zero-order valence-corrected chi connectivity index (χ0v) is 13.9. The second-order valence-electron chi connectivity index (χ2n) is 5.17. The number of amidine groups is 1. The van der Waals surface area contributed by atoms with Crippen LogP contribution in [0, 0.1) is 0 Å². The maximum Gasteiger partial charge on any atom is 0.264 e. The number of rotatable bonds is 3. The van der Waals surface area contributed by atoms with Gasteiger partial charge in [0.1, 0.15) is 0 Å². The van der Waals surface area contributed by atoms with Crippen LogP contribution in [-0.2, 0) is 21.4 Å². The molecule has 2 aliphatic rings. The number of aliphatic imine (C=N–C) groups is 1. The molecular formula is C13H15N5O3S2. The van der Waals surface area contributed by atoms with E-state index in [4.69, 9.17) is 5.14 Å². The van der Waals surface area contributed by atoms with E-state index in [1.807, 2.05) is 24.3 Å². The van der Waals surface area contributed by atoms with Gasteiger partial charge >= 0.3 is 0 Å². The van der Waals surface area contributed by atoms with Gasteiger partial charge in [0.25, 0.3) is 10.0 Å². The lowest BCUT2D eigenvalue weighted by atomic mass is 10.1.